The van der Waals surface area contributed by atoms with Crippen LogP contribution in [0.2, 0.25) is 0 Å². The van der Waals surface area contributed by atoms with Crippen molar-refractivity contribution in [3.8, 4) is 0 Å². The van der Waals surface area contributed by atoms with Crippen LogP contribution in [0.25, 0.3) is 0 Å². The zero-order valence-corrected chi connectivity index (χ0v) is 9.10. The number of hydrogen-bond donors (Lipinski definition) is 0. The summed E-state index contributed by atoms with van der Waals surface area (Å²) in [5.41, 5.74) is 0. The second kappa shape index (κ2) is 7.64. The molecule has 0 bridgehead atoms. The number of hydrogen-bond acceptors (Lipinski definition) is 0. The first-order valence-corrected chi connectivity index (χ1v) is 5.57. The van der Waals surface area contributed by atoms with E-state index < -0.39 is 0 Å². The van der Waals surface area contributed by atoms with E-state index in [-0.39, 0.29) is 0 Å². The van der Waals surface area contributed by atoms with Gasteiger partial charge in [0.1, 0.15) is 0 Å². The van der Waals surface area contributed by atoms with Crippen molar-refractivity contribution >= 4 is 0 Å². The van der Waals surface area contributed by atoms with Gasteiger partial charge in [-0.25, -0.2) is 0 Å². The summed E-state index contributed by atoms with van der Waals surface area (Å²) in [6.45, 7) is 10.9. The monoisotopic (exact) mass is 169 g/mol. The minimum atomic E-state index is 0.876. The summed E-state index contributed by atoms with van der Waals surface area (Å²) in [4.78, 5) is 0. The summed E-state index contributed by atoms with van der Waals surface area (Å²) in [5, 5.41) is 0. The summed E-state index contributed by atoms with van der Waals surface area (Å²) in [6.07, 6.45) is 7.94. The van der Waals surface area contributed by atoms with E-state index in [2.05, 4.69) is 27.7 Å². The summed E-state index contributed by atoms with van der Waals surface area (Å²) >= 11 is 0. The summed E-state index contributed by atoms with van der Waals surface area (Å²) in [7, 11) is 0. The molecule has 0 amide bonds. The van der Waals surface area contributed by atoms with E-state index >= 15 is 0 Å². The van der Waals surface area contributed by atoms with E-state index in [4.69, 9.17) is 0 Å². The van der Waals surface area contributed by atoms with Crippen molar-refractivity contribution in [3.05, 3.63) is 6.92 Å². The molecule has 0 heterocycles. The van der Waals surface area contributed by atoms with Gasteiger partial charge in [0.15, 0.2) is 0 Å². The smallest absolute Gasteiger partial charge is 0.0414 e. The van der Waals surface area contributed by atoms with Crippen LogP contribution in [-0.2, 0) is 0 Å². The SMILES string of the molecule is [CH2]CC(CC)CC(CC)CCC. The Hall–Kier alpha value is 0. The van der Waals surface area contributed by atoms with E-state index in [1.54, 1.807) is 0 Å². The quantitative estimate of drug-likeness (QED) is 0.528. The van der Waals surface area contributed by atoms with Crippen molar-refractivity contribution in [2.24, 2.45) is 11.8 Å². The van der Waals surface area contributed by atoms with Crippen LogP contribution >= 0.6 is 0 Å². The van der Waals surface area contributed by atoms with Crippen LogP contribution < -0.4 is 0 Å². The van der Waals surface area contributed by atoms with E-state index in [1.165, 1.54) is 32.1 Å². The third kappa shape index (κ3) is 4.79. The van der Waals surface area contributed by atoms with Crippen LogP contribution in [0, 0.1) is 18.8 Å². The maximum Gasteiger partial charge on any atom is -0.0414 e. The van der Waals surface area contributed by atoms with Crippen molar-refractivity contribution in [3.63, 3.8) is 0 Å². The maximum absolute atomic E-state index is 4.00. The maximum atomic E-state index is 4.00. The molecule has 0 N–H and O–H groups in total. The molecule has 12 heavy (non-hydrogen) atoms. The van der Waals surface area contributed by atoms with Gasteiger partial charge in [-0.15, -0.1) is 0 Å². The van der Waals surface area contributed by atoms with Crippen molar-refractivity contribution in [2.75, 3.05) is 0 Å². The molecule has 0 saturated heterocycles. The van der Waals surface area contributed by atoms with Crippen molar-refractivity contribution in [2.45, 2.75) is 59.3 Å². The Kier molecular flexibility index (Phi) is 7.64. The molecule has 0 heteroatoms. The third-order valence-corrected chi connectivity index (χ3v) is 2.93. The highest BCUT2D eigenvalue weighted by Gasteiger charge is 2.11. The molecule has 0 aromatic carbocycles. The van der Waals surface area contributed by atoms with Gasteiger partial charge in [-0.05, 0) is 18.3 Å². The van der Waals surface area contributed by atoms with Gasteiger partial charge in [0.25, 0.3) is 0 Å². The first-order valence-electron chi connectivity index (χ1n) is 5.57. The van der Waals surface area contributed by atoms with Crippen LogP contribution in [0.3, 0.4) is 0 Å². The van der Waals surface area contributed by atoms with Crippen LogP contribution in [-0.4, -0.2) is 0 Å². The van der Waals surface area contributed by atoms with Crippen molar-refractivity contribution in [1.29, 1.82) is 0 Å². The highest BCUT2D eigenvalue weighted by atomic mass is 14.2. The highest BCUT2D eigenvalue weighted by Crippen LogP contribution is 2.24. The molecule has 0 nitrogen and oxygen atoms in total. The molecule has 2 unspecified atom stereocenters. The van der Waals surface area contributed by atoms with Gasteiger partial charge in [-0.1, -0.05) is 59.8 Å². The van der Waals surface area contributed by atoms with E-state index in [9.17, 15) is 0 Å². The van der Waals surface area contributed by atoms with Gasteiger partial charge in [0.2, 0.25) is 0 Å². The Morgan fingerprint density at radius 3 is 1.92 bits per heavy atom. The molecule has 0 aliphatic heterocycles. The van der Waals surface area contributed by atoms with Crippen LogP contribution in [0.5, 0.6) is 0 Å². The van der Waals surface area contributed by atoms with Gasteiger partial charge in [-0.2, -0.15) is 0 Å². The second-order valence-electron chi connectivity index (χ2n) is 3.86. The highest BCUT2D eigenvalue weighted by molar-refractivity contribution is 4.65. The zero-order valence-electron chi connectivity index (χ0n) is 9.10. The Morgan fingerprint density at radius 2 is 1.58 bits per heavy atom. The molecular formula is C12H25. The summed E-state index contributed by atoms with van der Waals surface area (Å²) in [5.74, 6) is 1.84. The minimum absolute atomic E-state index is 0.876. The summed E-state index contributed by atoms with van der Waals surface area (Å²) in [6, 6.07) is 0. The van der Waals surface area contributed by atoms with Gasteiger partial charge in [0.05, 0.1) is 0 Å². The molecule has 0 aromatic rings. The Morgan fingerprint density at radius 1 is 1.00 bits per heavy atom. The average Bonchev–Trinajstić information content (AvgIpc) is 2.12. The molecule has 0 spiro atoms. The molecule has 0 aliphatic carbocycles. The first-order chi connectivity index (χ1) is 5.78. The lowest BCUT2D eigenvalue weighted by molar-refractivity contribution is 0.335. The lowest BCUT2D eigenvalue weighted by Crippen LogP contribution is -2.06. The molecule has 2 atom stereocenters. The molecule has 0 rings (SSSR count). The summed E-state index contributed by atoms with van der Waals surface area (Å²) < 4.78 is 0. The first kappa shape index (κ1) is 12.0. The average molecular weight is 169 g/mol. The van der Waals surface area contributed by atoms with E-state index in [0.29, 0.717) is 0 Å². The fraction of sp³-hybridized carbons (Fsp3) is 0.917. The molecule has 1 radical (unpaired) electrons. The fourth-order valence-corrected chi connectivity index (χ4v) is 1.86. The lowest BCUT2D eigenvalue weighted by Gasteiger charge is -2.19. The molecule has 73 valence electrons. The minimum Gasteiger partial charge on any atom is -0.0654 e. The molecule has 0 saturated carbocycles. The van der Waals surface area contributed by atoms with Crippen molar-refractivity contribution < 1.29 is 0 Å². The Balaban J connectivity index is 3.65. The topological polar surface area (TPSA) is 0 Å². The van der Waals surface area contributed by atoms with Crippen LogP contribution in [0.4, 0.5) is 0 Å². The zero-order chi connectivity index (χ0) is 9.40. The van der Waals surface area contributed by atoms with Gasteiger partial charge < -0.3 is 0 Å². The molecule has 0 fully saturated rings. The van der Waals surface area contributed by atoms with E-state index in [0.717, 1.165) is 18.3 Å². The largest absolute Gasteiger partial charge is 0.0654 e. The normalized spacial score (nSPS) is 13.8. The van der Waals surface area contributed by atoms with Gasteiger partial charge in [-0.3, -0.25) is 0 Å². The fourth-order valence-electron chi connectivity index (χ4n) is 1.86. The Bertz CT molecular complexity index is 82.0. The van der Waals surface area contributed by atoms with Crippen molar-refractivity contribution in [1.82, 2.24) is 0 Å². The molecule has 0 aliphatic rings. The molecule has 0 aromatic heterocycles. The predicted octanol–water partition coefficient (Wildman–Crippen LogP) is 4.45. The Labute approximate surface area is 78.8 Å². The molecular weight excluding hydrogens is 144 g/mol. The lowest BCUT2D eigenvalue weighted by atomic mass is 9.87. The van der Waals surface area contributed by atoms with E-state index in [1.807, 2.05) is 0 Å². The number of rotatable bonds is 7. The van der Waals surface area contributed by atoms with Gasteiger partial charge >= 0.3 is 0 Å². The standard InChI is InChI=1S/C12H25/c1-5-9-12(8-4)10-11(6-2)7-3/h11-12H,2,5-10H2,1,3-4H3. The second-order valence-corrected chi connectivity index (χ2v) is 3.86. The van der Waals surface area contributed by atoms with Gasteiger partial charge in [0, 0.05) is 0 Å². The predicted molar refractivity (Wildman–Crippen MR) is 57.1 cm³/mol. The van der Waals surface area contributed by atoms with Crippen LogP contribution in [0.1, 0.15) is 59.3 Å². The van der Waals surface area contributed by atoms with Crippen LogP contribution in [0.15, 0.2) is 0 Å². The third-order valence-electron chi connectivity index (χ3n) is 2.93.